The van der Waals surface area contributed by atoms with Gasteiger partial charge in [0, 0.05) is 22.7 Å². The van der Waals surface area contributed by atoms with Crippen molar-refractivity contribution in [3.8, 4) is 10.6 Å². The van der Waals surface area contributed by atoms with E-state index in [1.165, 1.54) is 11.1 Å². The molecular formula is C13H16N2S. The van der Waals surface area contributed by atoms with Gasteiger partial charge >= 0.3 is 0 Å². The van der Waals surface area contributed by atoms with Crippen molar-refractivity contribution < 1.29 is 0 Å². The average molecular weight is 232 g/mol. The Labute approximate surface area is 100 Å². The third-order valence-corrected chi connectivity index (χ3v) is 3.83. The van der Waals surface area contributed by atoms with Crippen LogP contribution in [0.15, 0.2) is 30.5 Å². The molecule has 1 atom stereocenters. The van der Waals surface area contributed by atoms with Crippen molar-refractivity contribution in [3.05, 3.63) is 40.9 Å². The standard InChI is InChI=1S/C13H16N2S/c1-3-10-6-4-5-7-11(10)13-15-8-12(16-13)9(2)14/h4-9H,3,14H2,1-2H3. The van der Waals surface area contributed by atoms with Crippen molar-refractivity contribution >= 4 is 11.3 Å². The minimum absolute atomic E-state index is 0.0695. The summed E-state index contributed by atoms with van der Waals surface area (Å²) >= 11 is 1.69. The van der Waals surface area contributed by atoms with Gasteiger partial charge in [-0.05, 0) is 18.9 Å². The second-order valence-electron chi connectivity index (χ2n) is 3.87. The Kier molecular flexibility index (Phi) is 3.36. The molecule has 2 aromatic rings. The SMILES string of the molecule is CCc1ccccc1-c1ncc(C(C)N)s1. The first kappa shape index (κ1) is 11.3. The first-order chi connectivity index (χ1) is 7.72. The topological polar surface area (TPSA) is 38.9 Å². The van der Waals surface area contributed by atoms with E-state index in [0.29, 0.717) is 0 Å². The van der Waals surface area contributed by atoms with E-state index in [0.717, 1.165) is 16.3 Å². The van der Waals surface area contributed by atoms with E-state index in [1.807, 2.05) is 13.1 Å². The van der Waals surface area contributed by atoms with Gasteiger partial charge in [-0.1, -0.05) is 31.2 Å². The number of thiazole rings is 1. The molecular weight excluding hydrogens is 216 g/mol. The van der Waals surface area contributed by atoms with Crippen molar-refractivity contribution in [1.29, 1.82) is 0 Å². The van der Waals surface area contributed by atoms with Crippen LogP contribution in [0.1, 0.15) is 30.3 Å². The van der Waals surface area contributed by atoms with E-state index in [9.17, 15) is 0 Å². The Morgan fingerprint density at radius 1 is 1.38 bits per heavy atom. The fraction of sp³-hybridized carbons (Fsp3) is 0.308. The highest BCUT2D eigenvalue weighted by Crippen LogP contribution is 2.30. The molecule has 0 aliphatic carbocycles. The summed E-state index contributed by atoms with van der Waals surface area (Å²) in [5, 5.41) is 1.07. The number of rotatable bonds is 3. The van der Waals surface area contributed by atoms with Crippen LogP contribution in [0, 0.1) is 0 Å². The fourth-order valence-corrected chi connectivity index (χ4v) is 2.59. The zero-order valence-electron chi connectivity index (χ0n) is 9.60. The summed E-state index contributed by atoms with van der Waals surface area (Å²) in [5.74, 6) is 0. The van der Waals surface area contributed by atoms with E-state index in [4.69, 9.17) is 5.73 Å². The summed E-state index contributed by atoms with van der Waals surface area (Å²) in [5.41, 5.74) is 8.42. The van der Waals surface area contributed by atoms with Crippen molar-refractivity contribution in [2.45, 2.75) is 26.3 Å². The monoisotopic (exact) mass is 232 g/mol. The zero-order valence-corrected chi connectivity index (χ0v) is 10.4. The molecule has 0 saturated carbocycles. The number of nitrogens with two attached hydrogens (primary N) is 1. The van der Waals surface area contributed by atoms with Crippen LogP contribution in [-0.4, -0.2) is 4.98 Å². The predicted octanol–water partition coefficient (Wildman–Crippen LogP) is 3.39. The third-order valence-electron chi connectivity index (χ3n) is 2.60. The quantitative estimate of drug-likeness (QED) is 0.881. The Bertz CT molecular complexity index is 474. The summed E-state index contributed by atoms with van der Waals surface area (Å²) in [6, 6.07) is 8.48. The maximum Gasteiger partial charge on any atom is 0.123 e. The van der Waals surface area contributed by atoms with Crippen LogP contribution in [0.2, 0.25) is 0 Å². The van der Waals surface area contributed by atoms with Crippen LogP contribution in [-0.2, 0) is 6.42 Å². The summed E-state index contributed by atoms with van der Waals surface area (Å²) in [6.45, 7) is 4.15. The van der Waals surface area contributed by atoms with Crippen molar-refractivity contribution in [2.75, 3.05) is 0 Å². The van der Waals surface area contributed by atoms with Gasteiger partial charge in [-0.15, -0.1) is 11.3 Å². The number of aromatic nitrogens is 1. The van der Waals surface area contributed by atoms with E-state index in [-0.39, 0.29) is 6.04 Å². The molecule has 84 valence electrons. The normalized spacial score (nSPS) is 12.7. The summed E-state index contributed by atoms with van der Waals surface area (Å²) < 4.78 is 0. The lowest BCUT2D eigenvalue weighted by molar-refractivity contribution is 0.835. The second kappa shape index (κ2) is 4.76. The van der Waals surface area contributed by atoms with Gasteiger partial charge in [0.25, 0.3) is 0 Å². The van der Waals surface area contributed by atoms with Gasteiger partial charge in [-0.2, -0.15) is 0 Å². The average Bonchev–Trinajstić information content (AvgIpc) is 2.78. The first-order valence-corrected chi connectivity index (χ1v) is 6.33. The smallest absolute Gasteiger partial charge is 0.123 e. The van der Waals surface area contributed by atoms with Crippen molar-refractivity contribution in [1.82, 2.24) is 4.98 Å². The van der Waals surface area contributed by atoms with Gasteiger partial charge in [0.1, 0.15) is 5.01 Å². The molecule has 2 N–H and O–H groups in total. The van der Waals surface area contributed by atoms with Gasteiger partial charge < -0.3 is 5.73 Å². The fourth-order valence-electron chi connectivity index (χ4n) is 1.66. The lowest BCUT2D eigenvalue weighted by atomic mass is 10.1. The van der Waals surface area contributed by atoms with E-state index < -0.39 is 0 Å². The van der Waals surface area contributed by atoms with Gasteiger partial charge in [-0.3, -0.25) is 0 Å². The van der Waals surface area contributed by atoms with Crippen LogP contribution < -0.4 is 5.73 Å². The van der Waals surface area contributed by atoms with Crippen molar-refractivity contribution in [2.24, 2.45) is 5.73 Å². The molecule has 1 aromatic carbocycles. The number of nitrogens with zero attached hydrogens (tertiary/aromatic N) is 1. The zero-order chi connectivity index (χ0) is 11.5. The van der Waals surface area contributed by atoms with Crippen LogP contribution in [0.5, 0.6) is 0 Å². The van der Waals surface area contributed by atoms with Gasteiger partial charge in [-0.25, -0.2) is 4.98 Å². The molecule has 1 heterocycles. The van der Waals surface area contributed by atoms with E-state index >= 15 is 0 Å². The molecule has 0 amide bonds. The molecule has 1 aromatic heterocycles. The lowest BCUT2D eigenvalue weighted by Gasteiger charge is -2.03. The van der Waals surface area contributed by atoms with E-state index in [2.05, 4.69) is 36.2 Å². The lowest BCUT2D eigenvalue weighted by Crippen LogP contribution is -2.01. The molecule has 0 radical (unpaired) electrons. The highest BCUT2D eigenvalue weighted by atomic mass is 32.1. The molecule has 0 spiro atoms. The molecule has 0 aliphatic heterocycles. The van der Waals surface area contributed by atoms with Crippen LogP contribution in [0.3, 0.4) is 0 Å². The molecule has 16 heavy (non-hydrogen) atoms. The third kappa shape index (κ3) is 2.15. The maximum atomic E-state index is 5.85. The Balaban J connectivity index is 2.42. The number of aryl methyl sites for hydroxylation is 1. The highest BCUT2D eigenvalue weighted by Gasteiger charge is 2.09. The molecule has 0 bridgehead atoms. The molecule has 2 nitrogen and oxygen atoms in total. The Morgan fingerprint density at radius 3 is 2.75 bits per heavy atom. The first-order valence-electron chi connectivity index (χ1n) is 5.52. The predicted molar refractivity (Wildman–Crippen MR) is 69.5 cm³/mol. The summed E-state index contributed by atoms with van der Waals surface area (Å²) in [7, 11) is 0. The maximum absolute atomic E-state index is 5.85. The molecule has 0 aliphatic rings. The molecule has 2 rings (SSSR count). The van der Waals surface area contributed by atoms with Crippen LogP contribution >= 0.6 is 11.3 Å². The highest BCUT2D eigenvalue weighted by molar-refractivity contribution is 7.15. The van der Waals surface area contributed by atoms with Crippen molar-refractivity contribution in [3.63, 3.8) is 0 Å². The Morgan fingerprint density at radius 2 is 2.12 bits per heavy atom. The minimum atomic E-state index is 0.0695. The van der Waals surface area contributed by atoms with Crippen LogP contribution in [0.25, 0.3) is 10.6 Å². The molecule has 3 heteroatoms. The molecule has 1 unspecified atom stereocenters. The molecule has 0 saturated heterocycles. The Hall–Kier alpha value is -1.19. The summed E-state index contributed by atoms with van der Waals surface area (Å²) in [6.07, 6.45) is 2.92. The van der Waals surface area contributed by atoms with Crippen LogP contribution in [0.4, 0.5) is 0 Å². The summed E-state index contributed by atoms with van der Waals surface area (Å²) in [4.78, 5) is 5.59. The van der Waals surface area contributed by atoms with Gasteiger partial charge in [0.2, 0.25) is 0 Å². The van der Waals surface area contributed by atoms with E-state index in [1.54, 1.807) is 11.3 Å². The minimum Gasteiger partial charge on any atom is -0.323 e. The molecule has 0 fully saturated rings. The number of hydrogen-bond donors (Lipinski definition) is 1. The number of benzene rings is 1. The number of hydrogen-bond acceptors (Lipinski definition) is 3. The van der Waals surface area contributed by atoms with Gasteiger partial charge in [0.05, 0.1) is 0 Å². The largest absolute Gasteiger partial charge is 0.323 e. The second-order valence-corrected chi connectivity index (χ2v) is 4.93. The van der Waals surface area contributed by atoms with Gasteiger partial charge in [0.15, 0.2) is 0 Å².